The highest BCUT2D eigenvalue weighted by atomic mass is 16.5. The zero-order valence-corrected chi connectivity index (χ0v) is 62.1. The van der Waals surface area contributed by atoms with Crippen LogP contribution in [0.2, 0.25) is 0 Å². The van der Waals surface area contributed by atoms with Crippen LogP contribution in [-0.2, 0) is 0 Å². The van der Waals surface area contributed by atoms with E-state index in [0.717, 1.165) is 74.4 Å². The van der Waals surface area contributed by atoms with Gasteiger partial charge < -0.3 is 18.9 Å². The summed E-state index contributed by atoms with van der Waals surface area (Å²) in [6, 6.07) is 54.1. The molecule has 0 unspecified atom stereocenters. The molecule has 522 valence electrons. The summed E-state index contributed by atoms with van der Waals surface area (Å²) in [5.74, 6) is 3.79. The molecule has 23 aromatic rings. The predicted molar refractivity (Wildman–Crippen MR) is 461 cm³/mol. The minimum atomic E-state index is 0.643. The number of ether oxygens (including phenoxy) is 4. The number of unbranched alkanes of at least 4 members (excludes halogenated alkanes) is 20. The van der Waals surface area contributed by atoms with Gasteiger partial charge in [-0.05, 0) is 220 Å². The van der Waals surface area contributed by atoms with E-state index in [0.29, 0.717) is 26.4 Å². The lowest BCUT2D eigenvalue weighted by Crippen LogP contribution is -2.04. The molecule has 0 atom stereocenters. The fourth-order valence-corrected chi connectivity index (χ4v) is 22.6. The van der Waals surface area contributed by atoms with Crippen molar-refractivity contribution in [3.63, 3.8) is 0 Å². The van der Waals surface area contributed by atoms with Crippen molar-refractivity contribution in [1.29, 1.82) is 0 Å². The molecule has 0 radical (unpaired) electrons. The number of hydrogen-bond donors (Lipinski definition) is 0. The lowest BCUT2D eigenvalue weighted by molar-refractivity contribution is 0.294. The predicted octanol–water partition coefficient (Wildman–Crippen LogP) is 31.3. The molecule has 0 aromatic heterocycles. The van der Waals surface area contributed by atoms with E-state index in [2.05, 4.69) is 161 Å². The summed E-state index contributed by atoms with van der Waals surface area (Å²) in [4.78, 5) is 0. The van der Waals surface area contributed by atoms with Gasteiger partial charge in [0.2, 0.25) is 0 Å². The molecule has 23 rings (SSSR count). The van der Waals surface area contributed by atoms with Crippen LogP contribution in [0.1, 0.15) is 182 Å². The molecule has 0 N–H and O–H groups in total. The molecular weight excluding hydrogens is 1290 g/mol. The van der Waals surface area contributed by atoms with Crippen LogP contribution >= 0.6 is 0 Å². The van der Waals surface area contributed by atoms with E-state index in [1.54, 1.807) is 0 Å². The maximum Gasteiger partial charge on any atom is 0.131 e. The Labute approximate surface area is 616 Å². The highest BCUT2D eigenvalue weighted by Crippen LogP contribution is 2.67. The third-order valence-electron chi connectivity index (χ3n) is 26.9. The van der Waals surface area contributed by atoms with Crippen LogP contribution < -0.4 is 18.9 Å². The molecule has 4 nitrogen and oxygen atoms in total. The Morgan fingerprint density at radius 3 is 0.547 bits per heavy atom. The molecule has 0 aliphatic heterocycles. The SMILES string of the molecule is CCCCCCCCOc1cc(OCCCCCCCC)c2c3ccc4c5cccc6c7cccc8c9ccc%10c%11c(OCCCCCCCC)cc(OCCCCCCCC)c%12c%13ccc%14c%15cccc%16c%17cccc%18c%19ccc%20c1c2c1c2c%20c%19c(c%14c%13c2c(c%12%11)c2c%10c9c(c4c3c12)c(c65)c78)c(c%17%18)c%16%15. The summed E-state index contributed by atoms with van der Waals surface area (Å²) in [6.45, 7) is 11.9. The summed E-state index contributed by atoms with van der Waals surface area (Å²) >= 11 is 0. The second-order valence-electron chi connectivity index (χ2n) is 32.8. The first-order chi connectivity index (χ1) is 52.6. The van der Waals surface area contributed by atoms with Gasteiger partial charge in [0.25, 0.3) is 0 Å². The Morgan fingerprint density at radius 2 is 0.311 bits per heavy atom. The maximum absolute atomic E-state index is 7.71. The van der Waals surface area contributed by atoms with Gasteiger partial charge in [-0.1, -0.05) is 277 Å². The maximum atomic E-state index is 7.71. The van der Waals surface area contributed by atoms with Crippen molar-refractivity contribution in [1.82, 2.24) is 0 Å². The third-order valence-corrected chi connectivity index (χ3v) is 26.9. The van der Waals surface area contributed by atoms with Gasteiger partial charge in [0.1, 0.15) is 23.0 Å². The number of fused-ring (bicyclic) bond motifs is 10. The molecule has 0 saturated heterocycles. The summed E-state index contributed by atoms with van der Waals surface area (Å²) in [5.41, 5.74) is 0. The average Bonchev–Trinajstić information content (AvgIpc) is 1.41. The van der Waals surface area contributed by atoms with E-state index in [1.165, 1.54) is 340 Å². The fourth-order valence-electron chi connectivity index (χ4n) is 22.6. The zero-order valence-electron chi connectivity index (χ0n) is 62.1. The quantitative estimate of drug-likeness (QED) is 0.0239. The lowest BCUT2D eigenvalue weighted by Gasteiger charge is -2.27. The molecule has 0 aliphatic carbocycles. The first-order valence-corrected chi connectivity index (χ1v) is 41.6. The van der Waals surface area contributed by atoms with E-state index in [-0.39, 0.29) is 0 Å². The van der Waals surface area contributed by atoms with Crippen LogP contribution in [0.4, 0.5) is 0 Å². The standard InChI is InChI=1S/C102H90O4/c1-5-9-13-17-21-25-49-103-71-53-72(104-50-26-22-18-14-10-6-2)80-68-46-42-64-60-38-31-35-57-58-36-32-40-62-66-44-48-70-82-74(106-52-28-24-20-16-12-8-4)54-73(105-51-27-23-19-15-11-7-3)81-69-47-43-65-61-39-30-34-56-55-33-29-37-59-63-41-45-67-79(71)93(80)101-97-87(67)83(63)95(91(75(55)59)76(56)61)85(65)89(69)99(97)102(94(81)82)100-90(70)86(66)96(84(64)88(68)98(100)101)92(77(57)60)78(58)62/h29-48,53-54H,5-28,49-52H2,1-4H3. The molecule has 0 fully saturated rings. The van der Waals surface area contributed by atoms with E-state index >= 15 is 0 Å². The Morgan fingerprint density at radius 1 is 0.151 bits per heavy atom. The molecule has 4 heteroatoms. The number of benzene rings is 19. The molecule has 0 saturated carbocycles. The van der Waals surface area contributed by atoms with Crippen molar-refractivity contribution >= 4 is 237 Å². The minimum Gasteiger partial charge on any atom is -0.493 e. The monoisotopic (exact) mass is 1380 g/mol. The van der Waals surface area contributed by atoms with Crippen LogP contribution in [0.15, 0.2) is 133 Å². The van der Waals surface area contributed by atoms with Gasteiger partial charge in [-0.25, -0.2) is 0 Å². The lowest BCUT2D eigenvalue weighted by atomic mass is 9.77. The van der Waals surface area contributed by atoms with Crippen LogP contribution in [0.25, 0.3) is 237 Å². The van der Waals surface area contributed by atoms with Gasteiger partial charge in [-0.15, -0.1) is 0 Å². The van der Waals surface area contributed by atoms with E-state index in [1.807, 2.05) is 0 Å². The Kier molecular flexibility index (Phi) is 14.0. The van der Waals surface area contributed by atoms with E-state index in [9.17, 15) is 0 Å². The highest BCUT2D eigenvalue weighted by Gasteiger charge is 2.38. The van der Waals surface area contributed by atoms with E-state index < -0.39 is 0 Å². The zero-order chi connectivity index (χ0) is 69.9. The molecule has 106 heavy (non-hydrogen) atoms. The van der Waals surface area contributed by atoms with Gasteiger partial charge >= 0.3 is 0 Å². The fraction of sp³-hybridized carbons (Fsp3) is 0.314. The Hall–Kier alpha value is -9.90. The highest BCUT2D eigenvalue weighted by molar-refractivity contribution is 6.66. The van der Waals surface area contributed by atoms with Crippen LogP contribution in [0.3, 0.4) is 0 Å². The number of hydrogen-bond acceptors (Lipinski definition) is 4. The van der Waals surface area contributed by atoms with Crippen molar-refractivity contribution < 1.29 is 18.9 Å². The molecule has 23 aromatic carbocycles. The average molecular weight is 1380 g/mol. The van der Waals surface area contributed by atoms with Crippen LogP contribution in [-0.4, -0.2) is 26.4 Å². The summed E-state index contributed by atoms with van der Waals surface area (Å²) in [5, 5.41) is 58.8. The summed E-state index contributed by atoms with van der Waals surface area (Å²) in [6.07, 6.45) is 28.6. The summed E-state index contributed by atoms with van der Waals surface area (Å²) in [7, 11) is 0. The first-order valence-electron chi connectivity index (χ1n) is 41.6. The third kappa shape index (κ3) is 8.06. The number of rotatable bonds is 32. The normalized spacial score (nSPS) is 13.4. The van der Waals surface area contributed by atoms with Crippen molar-refractivity contribution in [3.8, 4) is 23.0 Å². The van der Waals surface area contributed by atoms with Crippen molar-refractivity contribution in [3.05, 3.63) is 133 Å². The van der Waals surface area contributed by atoms with Crippen molar-refractivity contribution in [2.24, 2.45) is 0 Å². The second-order valence-corrected chi connectivity index (χ2v) is 32.8. The van der Waals surface area contributed by atoms with E-state index in [4.69, 9.17) is 18.9 Å². The molecule has 0 heterocycles. The smallest absolute Gasteiger partial charge is 0.131 e. The minimum absolute atomic E-state index is 0.643. The largest absolute Gasteiger partial charge is 0.493 e. The molecule has 0 bridgehead atoms. The molecular formula is C102H90O4. The van der Waals surface area contributed by atoms with Gasteiger partial charge in [0.15, 0.2) is 0 Å². The van der Waals surface area contributed by atoms with Crippen molar-refractivity contribution in [2.75, 3.05) is 26.4 Å². The Bertz CT molecular complexity index is 6410. The van der Waals surface area contributed by atoms with Crippen molar-refractivity contribution in [2.45, 2.75) is 182 Å². The molecule has 0 aliphatic rings. The second kappa shape index (κ2) is 23.8. The van der Waals surface area contributed by atoms with Gasteiger partial charge in [0.05, 0.1) is 26.4 Å². The topological polar surface area (TPSA) is 36.9 Å². The Balaban J connectivity index is 0.987. The van der Waals surface area contributed by atoms with Gasteiger partial charge in [-0.2, -0.15) is 0 Å². The van der Waals surface area contributed by atoms with Crippen LogP contribution in [0.5, 0.6) is 23.0 Å². The first kappa shape index (κ1) is 62.3. The molecule has 0 spiro atoms. The van der Waals surface area contributed by atoms with Gasteiger partial charge in [0, 0.05) is 55.2 Å². The van der Waals surface area contributed by atoms with Crippen LogP contribution in [0, 0.1) is 0 Å². The summed E-state index contributed by atoms with van der Waals surface area (Å²) < 4.78 is 30.8. The molecule has 0 amide bonds. The van der Waals surface area contributed by atoms with Gasteiger partial charge in [-0.3, -0.25) is 0 Å².